The number of rotatable bonds is 3. The minimum Gasteiger partial charge on any atom is -0.382 e. The molecule has 8 nitrogen and oxygen atoms in total. The third-order valence-corrected chi connectivity index (χ3v) is 4.45. The average molecular weight is 354 g/mol. The van der Waals surface area contributed by atoms with E-state index < -0.39 is 11.7 Å². The number of hydrogen-bond acceptors (Lipinski definition) is 5. The van der Waals surface area contributed by atoms with Crippen LogP contribution in [0.1, 0.15) is 40.0 Å². The number of benzene rings is 1. The highest BCUT2D eigenvalue weighted by molar-refractivity contribution is 5.91. The molecule has 1 aliphatic heterocycles. The molecule has 1 atom stereocenters. The molecule has 0 saturated heterocycles. The summed E-state index contributed by atoms with van der Waals surface area (Å²) in [4.78, 5) is 25.3. The highest BCUT2D eigenvalue weighted by Gasteiger charge is 2.25. The number of aliphatic hydroxyl groups is 1. The van der Waals surface area contributed by atoms with Crippen LogP contribution in [0, 0.1) is 0 Å². The Morgan fingerprint density at radius 2 is 2.04 bits per heavy atom. The number of aromatic amines is 1. The maximum atomic E-state index is 12.5. The van der Waals surface area contributed by atoms with E-state index in [1.165, 1.54) is 0 Å². The normalized spacial score (nSPS) is 15.3. The molecule has 4 rings (SSSR count). The first kappa shape index (κ1) is 16.3. The fourth-order valence-electron chi connectivity index (χ4n) is 3.14. The number of hydrogen-bond donors (Lipinski definition) is 2. The summed E-state index contributed by atoms with van der Waals surface area (Å²) in [6.45, 7) is 1.52. The summed E-state index contributed by atoms with van der Waals surface area (Å²) >= 11 is 0. The number of H-pyrrole nitrogens is 1. The zero-order valence-electron chi connectivity index (χ0n) is 14.0. The first-order valence-corrected chi connectivity index (χ1v) is 8.39. The molecule has 2 aromatic heterocycles. The molecule has 3 aromatic rings. The van der Waals surface area contributed by atoms with Crippen molar-refractivity contribution in [3.05, 3.63) is 75.5 Å². The van der Waals surface area contributed by atoms with Crippen LogP contribution >= 0.6 is 0 Å². The monoisotopic (exact) mass is 354 g/mol. The standard InChI is InChI=1S/C18H18N4O4/c23-16-10-15(26-20-16)18(25)21-7-4-8-22-13(11-21)9-14(19-22)17(24)12-5-2-1-3-6-12/h1-3,5-6,9-10,17,24H,4,7-8,11H2,(H,20,23). The Kier molecular flexibility index (Phi) is 4.18. The Labute approximate surface area is 148 Å². The topological polar surface area (TPSA) is 104 Å². The Morgan fingerprint density at radius 1 is 1.23 bits per heavy atom. The van der Waals surface area contributed by atoms with Crippen LogP contribution in [-0.4, -0.2) is 37.4 Å². The second-order valence-electron chi connectivity index (χ2n) is 6.25. The summed E-state index contributed by atoms with van der Waals surface area (Å²) in [6, 6.07) is 12.3. The predicted molar refractivity (Wildman–Crippen MR) is 91.4 cm³/mol. The highest BCUT2D eigenvalue weighted by atomic mass is 16.5. The van der Waals surface area contributed by atoms with Gasteiger partial charge in [-0.3, -0.25) is 14.3 Å². The fourth-order valence-corrected chi connectivity index (χ4v) is 3.14. The summed E-state index contributed by atoms with van der Waals surface area (Å²) in [5.41, 5.74) is 1.71. The van der Waals surface area contributed by atoms with E-state index >= 15 is 0 Å². The minimum absolute atomic E-state index is 0.00694. The number of amides is 1. The average Bonchev–Trinajstić information content (AvgIpc) is 3.22. The molecule has 1 unspecified atom stereocenters. The largest absolute Gasteiger partial charge is 0.382 e. The third-order valence-electron chi connectivity index (χ3n) is 4.45. The molecule has 3 heterocycles. The van der Waals surface area contributed by atoms with Crippen molar-refractivity contribution in [2.45, 2.75) is 25.6 Å². The highest BCUT2D eigenvalue weighted by Crippen LogP contribution is 2.23. The maximum Gasteiger partial charge on any atom is 0.292 e. The van der Waals surface area contributed by atoms with Gasteiger partial charge < -0.3 is 14.5 Å². The van der Waals surface area contributed by atoms with Crippen molar-refractivity contribution in [1.29, 1.82) is 0 Å². The Morgan fingerprint density at radius 3 is 2.77 bits per heavy atom. The summed E-state index contributed by atoms with van der Waals surface area (Å²) < 4.78 is 6.74. The van der Waals surface area contributed by atoms with Crippen LogP contribution in [0.2, 0.25) is 0 Å². The molecule has 0 spiro atoms. The zero-order chi connectivity index (χ0) is 18.1. The Hall–Kier alpha value is -3.13. The molecule has 0 saturated carbocycles. The predicted octanol–water partition coefficient (Wildman–Crippen LogP) is 1.29. The molecule has 0 radical (unpaired) electrons. The number of nitrogens with one attached hydrogen (secondary N) is 1. The summed E-state index contributed by atoms with van der Waals surface area (Å²) in [5.74, 6) is -0.351. The van der Waals surface area contributed by atoms with Crippen molar-refractivity contribution >= 4 is 5.91 Å². The zero-order valence-corrected chi connectivity index (χ0v) is 14.0. The smallest absolute Gasteiger partial charge is 0.292 e. The number of aliphatic hydroxyl groups excluding tert-OH is 1. The molecule has 26 heavy (non-hydrogen) atoms. The summed E-state index contributed by atoms with van der Waals surface area (Å²) in [7, 11) is 0. The third kappa shape index (κ3) is 3.06. The van der Waals surface area contributed by atoms with E-state index in [0.29, 0.717) is 25.3 Å². The van der Waals surface area contributed by atoms with Crippen molar-refractivity contribution in [3.8, 4) is 0 Å². The van der Waals surface area contributed by atoms with Crippen molar-refractivity contribution in [1.82, 2.24) is 19.8 Å². The second-order valence-corrected chi connectivity index (χ2v) is 6.25. The van der Waals surface area contributed by atoms with Crippen molar-refractivity contribution in [2.75, 3.05) is 6.54 Å². The summed E-state index contributed by atoms with van der Waals surface area (Å²) in [5, 5.41) is 17.2. The number of nitrogens with zero attached hydrogens (tertiary/aromatic N) is 3. The van der Waals surface area contributed by atoms with E-state index in [2.05, 4.69) is 10.3 Å². The molecule has 134 valence electrons. The van der Waals surface area contributed by atoms with Crippen molar-refractivity contribution in [2.24, 2.45) is 0 Å². The van der Waals surface area contributed by atoms with Gasteiger partial charge in [-0.05, 0) is 18.1 Å². The molecular formula is C18H18N4O4. The van der Waals surface area contributed by atoms with E-state index in [9.17, 15) is 14.7 Å². The first-order valence-electron chi connectivity index (χ1n) is 8.39. The van der Waals surface area contributed by atoms with E-state index in [1.807, 2.05) is 41.1 Å². The number of aromatic nitrogens is 3. The van der Waals surface area contributed by atoms with Gasteiger partial charge in [-0.1, -0.05) is 30.3 Å². The SMILES string of the molecule is O=C(c1cc(=O)[nH]o1)N1CCCn2nc(C(O)c3ccccc3)cc2C1. The fraction of sp³-hybridized carbons (Fsp3) is 0.278. The lowest BCUT2D eigenvalue weighted by molar-refractivity contribution is 0.0703. The van der Waals surface area contributed by atoms with Crippen LogP contribution in [0.4, 0.5) is 0 Å². The van der Waals surface area contributed by atoms with Gasteiger partial charge in [0, 0.05) is 13.1 Å². The Bertz CT molecular complexity index is 972. The van der Waals surface area contributed by atoms with Gasteiger partial charge in [0.1, 0.15) is 6.10 Å². The van der Waals surface area contributed by atoms with Crippen LogP contribution in [0.3, 0.4) is 0 Å². The lowest BCUT2D eigenvalue weighted by atomic mass is 10.1. The molecule has 1 amide bonds. The molecule has 1 aromatic carbocycles. The Balaban J connectivity index is 1.58. The molecular weight excluding hydrogens is 336 g/mol. The molecule has 0 aliphatic carbocycles. The molecule has 0 fully saturated rings. The summed E-state index contributed by atoms with van der Waals surface area (Å²) in [6.07, 6.45) is -0.0990. The number of fused-ring (bicyclic) bond motifs is 1. The quantitative estimate of drug-likeness (QED) is 0.737. The van der Waals surface area contributed by atoms with E-state index in [-0.39, 0.29) is 11.7 Å². The van der Waals surface area contributed by atoms with Gasteiger partial charge in [0.2, 0.25) is 5.76 Å². The van der Waals surface area contributed by atoms with Crippen LogP contribution < -0.4 is 5.56 Å². The van der Waals surface area contributed by atoms with Gasteiger partial charge in [-0.15, -0.1) is 0 Å². The molecule has 0 bridgehead atoms. The van der Waals surface area contributed by atoms with Gasteiger partial charge in [0.25, 0.3) is 11.5 Å². The first-order chi connectivity index (χ1) is 12.6. The number of carbonyl (C=O) groups excluding carboxylic acids is 1. The van der Waals surface area contributed by atoms with E-state index in [4.69, 9.17) is 4.52 Å². The lowest BCUT2D eigenvalue weighted by Gasteiger charge is -2.18. The van der Waals surface area contributed by atoms with Crippen LogP contribution in [0.15, 0.2) is 51.8 Å². The maximum absolute atomic E-state index is 12.5. The molecule has 8 heteroatoms. The van der Waals surface area contributed by atoms with Crippen LogP contribution in [-0.2, 0) is 13.1 Å². The molecule has 1 aliphatic rings. The lowest BCUT2D eigenvalue weighted by Crippen LogP contribution is -2.30. The van der Waals surface area contributed by atoms with Crippen molar-refractivity contribution in [3.63, 3.8) is 0 Å². The second kappa shape index (κ2) is 6.64. The van der Waals surface area contributed by atoms with E-state index in [0.717, 1.165) is 23.7 Å². The van der Waals surface area contributed by atoms with Gasteiger partial charge in [0.05, 0.1) is 24.0 Å². The van der Waals surface area contributed by atoms with Crippen molar-refractivity contribution < 1.29 is 14.4 Å². The van der Waals surface area contributed by atoms with Gasteiger partial charge >= 0.3 is 0 Å². The van der Waals surface area contributed by atoms with Gasteiger partial charge in [-0.25, -0.2) is 0 Å². The number of carbonyl (C=O) groups is 1. The van der Waals surface area contributed by atoms with Crippen LogP contribution in [0.25, 0.3) is 0 Å². The minimum atomic E-state index is -0.817. The number of aryl methyl sites for hydroxylation is 1. The van der Waals surface area contributed by atoms with Gasteiger partial charge in [0.15, 0.2) is 0 Å². The van der Waals surface area contributed by atoms with Gasteiger partial charge in [-0.2, -0.15) is 10.3 Å². The van der Waals surface area contributed by atoms with E-state index in [1.54, 1.807) is 4.90 Å². The van der Waals surface area contributed by atoms with Crippen LogP contribution in [0.5, 0.6) is 0 Å². The molecule has 2 N–H and O–H groups in total.